The summed E-state index contributed by atoms with van der Waals surface area (Å²) >= 11 is 0. The molecule has 0 spiro atoms. The van der Waals surface area contributed by atoms with Crippen molar-refractivity contribution in [1.82, 2.24) is 9.97 Å². The summed E-state index contributed by atoms with van der Waals surface area (Å²) < 4.78 is 16.4. The van der Waals surface area contributed by atoms with Crippen LogP contribution in [0, 0.1) is 0 Å². The van der Waals surface area contributed by atoms with Crippen LogP contribution in [0.25, 0.3) is 0 Å². The third-order valence-corrected chi connectivity index (χ3v) is 6.44. The minimum Gasteiger partial charge on any atom is -0.493 e. The molecule has 1 aromatic heterocycles. The van der Waals surface area contributed by atoms with E-state index in [4.69, 9.17) is 19.2 Å². The third kappa shape index (κ3) is 4.17. The van der Waals surface area contributed by atoms with Crippen LogP contribution in [0.5, 0.6) is 17.2 Å². The van der Waals surface area contributed by atoms with Crippen molar-refractivity contribution in [1.29, 1.82) is 0 Å². The van der Waals surface area contributed by atoms with Gasteiger partial charge in [-0.05, 0) is 37.0 Å². The maximum atomic E-state index is 12.9. The lowest BCUT2D eigenvalue weighted by atomic mass is 9.82. The number of hydrogen-bond donors (Lipinski definition) is 1. The number of carbonyl (C=O) groups is 1. The van der Waals surface area contributed by atoms with Gasteiger partial charge in [0, 0.05) is 12.6 Å². The minimum absolute atomic E-state index is 0.00200. The highest BCUT2D eigenvalue weighted by molar-refractivity contribution is 5.98. The summed E-state index contributed by atoms with van der Waals surface area (Å²) in [6, 6.07) is 3.86. The molecular weight excluding hydrogens is 396 g/mol. The molecule has 0 radical (unpaired) electrons. The van der Waals surface area contributed by atoms with Crippen LogP contribution >= 0.6 is 0 Å². The summed E-state index contributed by atoms with van der Waals surface area (Å²) in [5.74, 6) is 2.54. The molecule has 1 fully saturated rings. The molecule has 1 N–H and O–H groups in total. The largest absolute Gasteiger partial charge is 0.493 e. The number of piperazine rings is 1. The number of anilines is 1. The van der Waals surface area contributed by atoms with Crippen molar-refractivity contribution in [2.24, 2.45) is 0 Å². The Kier molecular flexibility index (Phi) is 6.27. The molecule has 8 nitrogen and oxygen atoms in total. The van der Waals surface area contributed by atoms with E-state index in [1.165, 1.54) is 0 Å². The first-order valence-electron chi connectivity index (χ1n) is 10.8. The molecule has 1 atom stereocenters. The van der Waals surface area contributed by atoms with Crippen molar-refractivity contribution in [3.8, 4) is 17.2 Å². The number of aromatic nitrogens is 2. The molecule has 0 bridgehead atoms. The molecule has 1 aliphatic heterocycles. The monoisotopic (exact) mass is 427 g/mol. The van der Waals surface area contributed by atoms with E-state index in [0.717, 1.165) is 49.9 Å². The van der Waals surface area contributed by atoms with Gasteiger partial charge < -0.3 is 24.0 Å². The number of carbonyl (C=O) groups excluding carboxylic acids is 1. The number of nitrogens with one attached hydrogen (secondary N) is 1. The number of fused-ring (bicyclic) bond motifs is 1. The first-order valence-corrected chi connectivity index (χ1v) is 10.8. The van der Waals surface area contributed by atoms with E-state index in [0.29, 0.717) is 35.7 Å². The Hall–Kier alpha value is -2.87. The van der Waals surface area contributed by atoms with Crippen LogP contribution in [0.3, 0.4) is 0 Å². The van der Waals surface area contributed by atoms with E-state index in [-0.39, 0.29) is 11.7 Å². The average molecular weight is 428 g/mol. The number of ketones is 1. The van der Waals surface area contributed by atoms with Crippen LogP contribution in [0.15, 0.2) is 18.3 Å². The molecular formula is C23H31N4O4+. The third-order valence-electron chi connectivity index (χ3n) is 6.44. The number of hydrogen-bond acceptors (Lipinski definition) is 7. The Morgan fingerprint density at radius 1 is 1.06 bits per heavy atom. The smallest absolute Gasteiger partial charge is 0.225 e. The number of methoxy groups -OCH3 is 3. The quantitative estimate of drug-likeness (QED) is 0.741. The van der Waals surface area contributed by atoms with Gasteiger partial charge in [0.15, 0.2) is 17.3 Å². The van der Waals surface area contributed by atoms with Crippen molar-refractivity contribution < 1.29 is 23.9 Å². The highest BCUT2D eigenvalue weighted by Crippen LogP contribution is 2.42. The Bertz CT molecular complexity index is 932. The van der Waals surface area contributed by atoms with Gasteiger partial charge in [-0.2, -0.15) is 0 Å². The first-order chi connectivity index (χ1) is 15.1. The lowest BCUT2D eigenvalue weighted by molar-refractivity contribution is -0.898. The summed E-state index contributed by atoms with van der Waals surface area (Å²) in [5, 5.41) is 0. The predicted molar refractivity (Wildman–Crippen MR) is 117 cm³/mol. The summed E-state index contributed by atoms with van der Waals surface area (Å²) in [6.07, 6.45) is 2.80. The highest BCUT2D eigenvalue weighted by Gasteiger charge is 2.31. The second kappa shape index (κ2) is 9.09. The van der Waals surface area contributed by atoms with Crippen molar-refractivity contribution in [3.05, 3.63) is 35.2 Å². The van der Waals surface area contributed by atoms with E-state index in [9.17, 15) is 4.79 Å². The zero-order valence-electron chi connectivity index (χ0n) is 18.7. The highest BCUT2D eigenvalue weighted by atomic mass is 16.5. The van der Waals surface area contributed by atoms with Crippen LogP contribution in [0.2, 0.25) is 0 Å². The van der Waals surface area contributed by atoms with Gasteiger partial charge in [-0.15, -0.1) is 0 Å². The standard InChI is InChI=1S/C23H30N4O4/c1-5-26-6-8-27(9-7-26)23-24-14-17-18(25-23)10-15(11-19(17)28)16-12-20(29-2)22(31-4)21(13-16)30-3/h12-15H,5-11H2,1-4H3/p+1/t15-/m1/s1. The molecule has 1 aliphatic carbocycles. The summed E-state index contributed by atoms with van der Waals surface area (Å²) in [6.45, 7) is 7.41. The van der Waals surface area contributed by atoms with Gasteiger partial charge in [0.05, 0.1) is 65.3 Å². The summed E-state index contributed by atoms with van der Waals surface area (Å²) in [4.78, 5) is 26.1. The Morgan fingerprint density at radius 2 is 1.74 bits per heavy atom. The average Bonchev–Trinajstić information content (AvgIpc) is 2.82. The Balaban J connectivity index is 1.61. The maximum absolute atomic E-state index is 12.9. The zero-order chi connectivity index (χ0) is 22.0. The van der Waals surface area contributed by atoms with Crippen molar-refractivity contribution in [2.75, 3.05) is 59.0 Å². The number of ether oxygens (including phenoxy) is 3. The summed E-state index contributed by atoms with van der Waals surface area (Å²) in [5.41, 5.74) is 2.45. The Morgan fingerprint density at radius 3 is 2.32 bits per heavy atom. The molecule has 166 valence electrons. The van der Waals surface area contributed by atoms with Gasteiger partial charge in [-0.3, -0.25) is 4.79 Å². The van der Waals surface area contributed by atoms with E-state index in [1.54, 1.807) is 32.4 Å². The molecule has 1 saturated heterocycles. The van der Waals surface area contributed by atoms with Crippen molar-refractivity contribution in [3.63, 3.8) is 0 Å². The fraction of sp³-hybridized carbons (Fsp3) is 0.522. The van der Waals surface area contributed by atoms with Crippen molar-refractivity contribution >= 4 is 11.7 Å². The number of nitrogens with zero attached hydrogens (tertiary/aromatic N) is 3. The topological polar surface area (TPSA) is 78.2 Å². The van der Waals surface area contributed by atoms with Gasteiger partial charge in [0.1, 0.15) is 0 Å². The molecule has 1 aromatic carbocycles. The van der Waals surface area contributed by atoms with Gasteiger partial charge >= 0.3 is 0 Å². The van der Waals surface area contributed by atoms with E-state index >= 15 is 0 Å². The normalized spacial score (nSPS) is 19.2. The molecule has 2 heterocycles. The predicted octanol–water partition coefficient (Wildman–Crippen LogP) is 1.14. The number of likely N-dealkylation sites (N-methyl/N-ethyl adjacent to an activating group) is 1. The lowest BCUT2D eigenvalue weighted by Crippen LogP contribution is -3.14. The van der Waals surface area contributed by atoms with Gasteiger partial charge in [-0.25, -0.2) is 9.97 Å². The number of benzene rings is 1. The second-order valence-corrected chi connectivity index (χ2v) is 8.11. The van der Waals surface area contributed by atoms with Crippen LogP contribution < -0.4 is 24.0 Å². The number of Topliss-reactive ketones (excluding diaryl/α,β-unsaturated/α-hetero) is 1. The van der Waals surface area contributed by atoms with Gasteiger partial charge in [0.2, 0.25) is 11.7 Å². The minimum atomic E-state index is -0.00200. The molecule has 31 heavy (non-hydrogen) atoms. The van der Waals surface area contributed by atoms with Gasteiger partial charge in [-0.1, -0.05) is 0 Å². The number of rotatable bonds is 6. The van der Waals surface area contributed by atoms with Crippen molar-refractivity contribution in [2.45, 2.75) is 25.7 Å². The maximum Gasteiger partial charge on any atom is 0.225 e. The SMILES string of the molecule is CC[NH+]1CCN(c2ncc3c(n2)C[C@@H](c2cc(OC)c(OC)c(OC)c2)CC3=O)CC1. The molecule has 0 unspecified atom stereocenters. The van der Waals surface area contributed by atoms with E-state index in [1.807, 2.05) is 12.1 Å². The fourth-order valence-electron chi connectivity index (χ4n) is 4.54. The van der Waals surface area contributed by atoms with Crippen LogP contribution in [0.4, 0.5) is 5.95 Å². The number of quaternary nitrogens is 1. The van der Waals surface area contributed by atoms with Crippen LogP contribution in [0.1, 0.15) is 40.9 Å². The molecule has 2 aliphatic rings. The lowest BCUT2D eigenvalue weighted by Gasteiger charge is -2.32. The van der Waals surface area contributed by atoms with Crippen LogP contribution in [-0.4, -0.2) is 69.8 Å². The molecule has 0 saturated carbocycles. The van der Waals surface area contributed by atoms with Crippen LogP contribution in [-0.2, 0) is 6.42 Å². The molecule has 0 amide bonds. The van der Waals surface area contributed by atoms with Gasteiger partial charge in [0.25, 0.3) is 0 Å². The molecule has 8 heteroatoms. The molecule has 4 rings (SSSR count). The molecule has 2 aromatic rings. The Labute approximate surface area is 183 Å². The second-order valence-electron chi connectivity index (χ2n) is 8.11. The van der Waals surface area contributed by atoms with E-state index in [2.05, 4.69) is 16.8 Å². The fourth-order valence-corrected chi connectivity index (χ4v) is 4.54. The zero-order valence-corrected chi connectivity index (χ0v) is 18.7. The van der Waals surface area contributed by atoms with E-state index < -0.39 is 0 Å². The first kappa shape index (κ1) is 21.4. The summed E-state index contributed by atoms with van der Waals surface area (Å²) in [7, 11) is 4.78.